The van der Waals surface area contributed by atoms with E-state index in [0.29, 0.717) is 12.2 Å². The lowest BCUT2D eigenvalue weighted by molar-refractivity contribution is -0.153. The van der Waals surface area contributed by atoms with Gasteiger partial charge in [-0.05, 0) is 31.3 Å². The maximum atomic E-state index is 13.2. The third-order valence-electron chi connectivity index (χ3n) is 5.71. The van der Waals surface area contributed by atoms with Crippen LogP contribution in [0.15, 0.2) is 23.9 Å². The standard InChI is InChI=1S/C24H36N4O7S3/c1-6-16-21(30)28-20(14(4)5)24(33)35-15-9-7-8-10-36-38(34)37-12-17(22(31)25-16)26-23(32)19(13(2)3)27-18(29)11-15/h6-7,9,13-15,17,19-20,34H,8,10-12H2,1-5H3,(H3-,25,26,27,28,29,30,31,32)/p+1/b9-7+,16-6-/t15-,17-,19-,20+,38?/m1/s1. The zero-order valence-electron chi connectivity index (χ0n) is 22.1. The predicted molar refractivity (Wildman–Crippen MR) is 151 cm³/mol. The van der Waals surface area contributed by atoms with E-state index in [0.717, 1.165) is 10.8 Å². The van der Waals surface area contributed by atoms with Crippen molar-refractivity contribution in [3.05, 3.63) is 23.9 Å². The number of fused-ring (bicyclic) bond motifs is 7. The Bertz CT molecular complexity index is 957. The molecule has 1 saturated heterocycles. The fourth-order valence-corrected chi connectivity index (χ4v) is 7.89. The van der Waals surface area contributed by atoms with Crippen LogP contribution in [0.5, 0.6) is 0 Å². The Labute approximate surface area is 233 Å². The summed E-state index contributed by atoms with van der Waals surface area (Å²) in [6.45, 7) is 8.53. The topological polar surface area (TPSA) is 163 Å². The van der Waals surface area contributed by atoms with E-state index in [2.05, 4.69) is 21.3 Å². The van der Waals surface area contributed by atoms with Crippen molar-refractivity contribution in [3.8, 4) is 0 Å². The number of amides is 4. The van der Waals surface area contributed by atoms with Crippen molar-refractivity contribution < 1.29 is 33.3 Å². The smallest absolute Gasteiger partial charge is 0.329 e. The van der Waals surface area contributed by atoms with Crippen LogP contribution in [0.2, 0.25) is 0 Å². The van der Waals surface area contributed by atoms with Gasteiger partial charge in [0.15, 0.2) is 0 Å². The van der Waals surface area contributed by atoms with Crippen LogP contribution in [-0.4, -0.2) is 69.9 Å². The van der Waals surface area contributed by atoms with Gasteiger partial charge in [-0.2, -0.15) is 4.55 Å². The molecule has 212 valence electrons. The first-order chi connectivity index (χ1) is 17.9. The van der Waals surface area contributed by atoms with E-state index in [1.165, 1.54) is 16.9 Å². The van der Waals surface area contributed by atoms with E-state index < -0.39 is 63.1 Å². The van der Waals surface area contributed by atoms with Crippen LogP contribution in [0, 0.1) is 11.8 Å². The molecule has 0 aliphatic carbocycles. The lowest BCUT2D eigenvalue weighted by Crippen LogP contribution is -2.57. The molecule has 2 aliphatic heterocycles. The van der Waals surface area contributed by atoms with Gasteiger partial charge >= 0.3 is 5.97 Å². The number of hydrogen-bond acceptors (Lipinski definition) is 9. The summed E-state index contributed by atoms with van der Waals surface area (Å²) in [6.07, 6.45) is 4.10. The predicted octanol–water partition coefficient (Wildman–Crippen LogP) is 1.44. The lowest BCUT2D eigenvalue weighted by atomic mass is 10.0. The van der Waals surface area contributed by atoms with Crippen molar-refractivity contribution in [2.45, 2.75) is 71.7 Å². The minimum Gasteiger partial charge on any atom is -0.456 e. The summed E-state index contributed by atoms with van der Waals surface area (Å²) in [5, 5.41) is 10.5. The Morgan fingerprint density at radius 1 is 1.00 bits per heavy atom. The second kappa shape index (κ2) is 15.4. The summed E-state index contributed by atoms with van der Waals surface area (Å²) in [6, 6.07) is -3.13. The highest BCUT2D eigenvalue weighted by Crippen LogP contribution is 2.28. The molecule has 0 radical (unpaired) electrons. The van der Waals surface area contributed by atoms with Crippen LogP contribution in [0.3, 0.4) is 0 Å². The fourth-order valence-electron chi connectivity index (χ4n) is 3.56. The van der Waals surface area contributed by atoms with E-state index in [1.807, 2.05) is 0 Å². The number of carbonyl (C=O) groups excluding carboxylic acids is 5. The molecule has 14 heteroatoms. The number of nitrogens with one attached hydrogen (secondary N) is 4. The minimum absolute atomic E-state index is 0.0282. The number of ether oxygens (including phenoxy) is 1. The highest BCUT2D eigenvalue weighted by molar-refractivity contribution is 9.04. The molecule has 0 aromatic heterocycles. The van der Waals surface area contributed by atoms with Crippen molar-refractivity contribution in [2.24, 2.45) is 11.8 Å². The highest BCUT2D eigenvalue weighted by atomic mass is 33.5. The Hall–Kier alpha value is -2.16. The molecule has 0 aromatic carbocycles. The van der Waals surface area contributed by atoms with Crippen LogP contribution in [0.1, 0.15) is 47.5 Å². The number of rotatable bonds is 2. The van der Waals surface area contributed by atoms with Crippen LogP contribution in [0.25, 0.3) is 0 Å². The Morgan fingerprint density at radius 3 is 2.32 bits per heavy atom. The Kier molecular flexibility index (Phi) is 13.0. The van der Waals surface area contributed by atoms with E-state index in [1.54, 1.807) is 46.8 Å². The summed E-state index contributed by atoms with van der Waals surface area (Å²) in [5.41, 5.74) is -0.103. The summed E-state index contributed by atoms with van der Waals surface area (Å²) in [4.78, 5) is 65.5. The van der Waals surface area contributed by atoms with Gasteiger partial charge in [0.25, 0.3) is 15.1 Å². The van der Waals surface area contributed by atoms with E-state index in [4.69, 9.17) is 4.74 Å². The molecule has 0 spiro atoms. The molecule has 2 bridgehead atoms. The third-order valence-corrected chi connectivity index (χ3v) is 10.8. The summed E-state index contributed by atoms with van der Waals surface area (Å²) in [7, 11) is 1.21. The fraction of sp³-hybridized carbons (Fsp3) is 0.625. The maximum Gasteiger partial charge on any atom is 0.329 e. The minimum atomic E-state index is -1.16. The Morgan fingerprint density at radius 2 is 1.68 bits per heavy atom. The molecule has 2 rings (SSSR count). The van der Waals surface area contributed by atoms with Gasteiger partial charge in [-0.25, -0.2) is 4.79 Å². The van der Waals surface area contributed by atoms with Crippen molar-refractivity contribution in [1.29, 1.82) is 0 Å². The van der Waals surface area contributed by atoms with Crippen molar-refractivity contribution >= 4 is 60.4 Å². The molecule has 0 aromatic rings. The molecule has 5 N–H and O–H groups in total. The maximum absolute atomic E-state index is 13.2. The molecular formula is C24H37N4O7S3+. The van der Waals surface area contributed by atoms with E-state index in [-0.39, 0.29) is 29.7 Å². The van der Waals surface area contributed by atoms with Crippen molar-refractivity contribution in [2.75, 3.05) is 11.5 Å². The van der Waals surface area contributed by atoms with Gasteiger partial charge in [0, 0.05) is 0 Å². The molecular weight excluding hydrogens is 552 g/mol. The Balaban J connectivity index is 2.59. The van der Waals surface area contributed by atoms with Crippen LogP contribution >= 0.6 is 21.6 Å². The van der Waals surface area contributed by atoms with E-state index in [9.17, 15) is 28.5 Å². The highest BCUT2D eigenvalue weighted by Gasteiger charge is 2.35. The van der Waals surface area contributed by atoms with Gasteiger partial charge in [0.05, 0.1) is 17.9 Å². The molecule has 1 fully saturated rings. The van der Waals surface area contributed by atoms with Crippen LogP contribution in [0.4, 0.5) is 0 Å². The number of hydrogen-bond donors (Lipinski definition) is 5. The molecule has 2 aliphatic rings. The van der Waals surface area contributed by atoms with Crippen molar-refractivity contribution in [1.82, 2.24) is 21.3 Å². The monoisotopic (exact) mass is 589 g/mol. The molecule has 4 amide bonds. The van der Waals surface area contributed by atoms with Crippen LogP contribution in [-0.2, 0) is 37.9 Å². The number of carbonyl (C=O) groups is 5. The zero-order valence-corrected chi connectivity index (χ0v) is 24.6. The molecule has 0 saturated carbocycles. The van der Waals surface area contributed by atoms with Gasteiger partial charge in [0.2, 0.25) is 17.7 Å². The molecule has 38 heavy (non-hydrogen) atoms. The first-order valence-electron chi connectivity index (χ1n) is 12.4. The first kappa shape index (κ1) is 32.1. The summed E-state index contributed by atoms with van der Waals surface area (Å²) >= 11 is 0. The van der Waals surface area contributed by atoms with Crippen LogP contribution < -0.4 is 21.3 Å². The van der Waals surface area contributed by atoms with Crippen molar-refractivity contribution in [3.63, 3.8) is 0 Å². The van der Waals surface area contributed by atoms with Gasteiger partial charge in [-0.1, -0.05) is 39.8 Å². The second-order valence-electron chi connectivity index (χ2n) is 9.46. The molecule has 11 nitrogen and oxygen atoms in total. The lowest BCUT2D eigenvalue weighted by Gasteiger charge is -2.27. The van der Waals surface area contributed by atoms with Gasteiger partial charge in [-0.3, -0.25) is 19.2 Å². The van der Waals surface area contributed by atoms with E-state index >= 15 is 0 Å². The quantitative estimate of drug-likeness (QED) is 0.105. The summed E-state index contributed by atoms with van der Waals surface area (Å²) in [5.74, 6) is -3.31. The SMILES string of the molecule is C/C=C1\NC(=O)[C@H]2CS[S+](O)SCC/C=C/[C@H](CC(=O)N[C@H](C(C)C)C(=O)N2)OC(=O)[C@H](C(C)C)NC1=O. The zero-order chi connectivity index (χ0) is 28.4. The number of allylic oxidation sites excluding steroid dienone is 2. The number of esters is 1. The average molecular weight is 590 g/mol. The molecule has 1 unspecified atom stereocenters. The summed E-state index contributed by atoms with van der Waals surface area (Å²) < 4.78 is 16.1. The second-order valence-corrected chi connectivity index (χ2v) is 15.0. The molecule has 2 heterocycles. The van der Waals surface area contributed by atoms with Gasteiger partial charge in [-0.15, -0.1) is 0 Å². The normalized spacial score (nSPS) is 31.0. The molecule has 5 atom stereocenters. The largest absolute Gasteiger partial charge is 0.456 e. The van der Waals surface area contributed by atoms with Gasteiger partial charge < -0.3 is 26.0 Å². The van der Waals surface area contributed by atoms with Gasteiger partial charge in [0.1, 0.15) is 51.5 Å². The average Bonchev–Trinajstić information content (AvgIpc) is 2.84. The third kappa shape index (κ3) is 9.86. The first-order valence-corrected chi connectivity index (χ1v) is 16.6.